The van der Waals surface area contributed by atoms with Gasteiger partial charge in [-0.1, -0.05) is 13.8 Å². The third-order valence-electron chi connectivity index (χ3n) is 2.89. The molecule has 110 valence electrons. The van der Waals surface area contributed by atoms with Gasteiger partial charge < -0.3 is 10.6 Å². The summed E-state index contributed by atoms with van der Waals surface area (Å²) in [5.41, 5.74) is 0.809. The highest BCUT2D eigenvalue weighted by Crippen LogP contribution is 2.15. The van der Waals surface area contributed by atoms with E-state index in [2.05, 4.69) is 31.4 Å². The molecule has 0 aliphatic carbocycles. The van der Waals surface area contributed by atoms with Gasteiger partial charge in [0.15, 0.2) is 5.11 Å². The Bertz CT molecular complexity index is 460. The molecule has 0 aromatic heterocycles. The lowest BCUT2D eigenvalue weighted by atomic mass is 10.0. The van der Waals surface area contributed by atoms with Crippen molar-refractivity contribution in [2.45, 2.75) is 39.7 Å². The average Bonchev–Trinajstić information content (AvgIpc) is 2.36. The number of thiocarbonyl (C=S) groups is 1. The van der Waals surface area contributed by atoms with Gasteiger partial charge in [0.2, 0.25) is 0 Å². The van der Waals surface area contributed by atoms with Crippen LogP contribution >= 0.6 is 12.2 Å². The predicted octanol–water partition coefficient (Wildman–Crippen LogP) is 3.71. The Balaban J connectivity index is 2.43. The SMILES string of the molecule is CC(C)CCC(C)NC(=S)Nc1ccc([N+](=O)[O-])cc1. The van der Waals surface area contributed by atoms with Crippen LogP contribution in [0.5, 0.6) is 0 Å². The number of benzene rings is 1. The molecule has 1 atom stereocenters. The van der Waals surface area contributed by atoms with E-state index >= 15 is 0 Å². The molecule has 0 saturated heterocycles. The van der Waals surface area contributed by atoms with E-state index in [1.165, 1.54) is 12.1 Å². The molecule has 1 aromatic rings. The molecule has 0 amide bonds. The predicted molar refractivity (Wildman–Crippen MR) is 86.0 cm³/mol. The number of hydrogen-bond acceptors (Lipinski definition) is 3. The molecule has 1 rings (SSSR count). The lowest BCUT2D eigenvalue weighted by Gasteiger charge is -2.17. The largest absolute Gasteiger partial charge is 0.360 e. The first-order chi connectivity index (χ1) is 9.38. The summed E-state index contributed by atoms with van der Waals surface area (Å²) in [4.78, 5) is 10.1. The quantitative estimate of drug-likeness (QED) is 0.476. The van der Waals surface area contributed by atoms with Crippen molar-refractivity contribution < 1.29 is 4.92 Å². The monoisotopic (exact) mass is 295 g/mol. The summed E-state index contributed by atoms with van der Waals surface area (Å²) in [5, 5.41) is 17.3. The molecule has 0 aliphatic rings. The van der Waals surface area contributed by atoms with E-state index < -0.39 is 4.92 Å². The first-order valence-corrected chi connectivity index (χ1v) is 7.11. The second kappa shape index (κ2) is 7.79. The van der Waals surface area contributed by atoms with Crippen LogP contribution in [0.1, 0.15) is 33.6 Å². The maximum atomic E-state index is 10.6. The van der Waals surface area contributed by atoms with Gasteiger partial charge in [0.05, 0.1) is 4.92 Å². The molecular formula is C14H21N3O2S. The minimum absolute atomic E-state index is 0.0692. The Morgan fingerprint density at radius 2 is 1.85 bits per heavy atom. The minimum atomic E-state index is -0.422. The fourth-order valence-electron chi connectivity index (χ4n) is 1.71. The van der Waals surface area contributed by atoms with Crippen LogP contribution in [0.25, 0.3) is 0 Å². The van der Waals surface area contributed by atoms with Crippen LogP contribution in [0.4, 0.5) is 11.4 Å². The van der Waals surface area contributed by atoms with Crippen LogP contribution in [-0.2, 0) is 0 Å². The molecule has 0 spiro atoms. The smallest absolute Gasteiger partial charge is 0.269 e. The number of nitrogens with one attached hydrogen (secondary N) is 2. The van der Waals surface area contributed by atoms with Crippen molar-refractivity contribution in [1.29, 1.82) is 0 Å². The molecule has 0 radical (unpaired) electrons. The van der Waals surface area contributed by atoms with Gasteiger partial charge in [-0.25, -0.2) is 0 Å². The summed E-state index contributed by atoms with van der Waals surface area (Å²) >= 11 is 5.22. The van der Waals surface area contributed by atoms with Gasteiger partial charge in [-0.15, -0.1) is 0 Å². The Labute approximate surface area is 124 Å². The number of nitrogens with zero attached hydrogens (tertiary/aromatic N) is 1. The van der Waals surface area contributed by atoms with Crippen LogP contribution in [-0.4, -0.2) is 16.1 Å². The topological polar surface area (TPSA) is 67.2 Å². The molecule has 1 unspecified atom stereocenters. The molecular weight excluding hydrogens is 274 g/mol. The van der Waals surface area contributed by atoms with Crippen molar-refractivity contribution in [3.63, 3.8) is 0 Å². The van der Waals surface area contributed by atoms with E-state index in [0.717, 1.165) is 18.5 Å². The number of non-ortho nitro benzene ring substituents is 1. The highest BCUT2D eigenvalue weighted by atomic mass is 32.1. The molecule has 5 nitrogen and oxygen atoms in total. The summed E-state index contributed by atoms with van der Waals surface area (Å²) in [6.45, 7) is 6.48. The third kappa shape index (κ3) is 5.97. The van der Waals surface area contributed by atoms with Crippen LogP contribution in [0.2, 0.25) is 0 Å². The molecule has 0 aliphatic heterocycles. The van der Waals surface area contributed by atoms with Crippen molar-refractivity contribution in [3.8, 4) is 0 Å². The Morgan fingerprint density at radius 1 is 1.25 bits per heavy atom. The zero-order chi connectivity index (χ0) is 15.1. The van der Waals surface area contributed by atoms with Gasteiger partial charge in [-0.3, -0.25) is 10.1 Å². The summed E-state index contributed by atoms with van der Waals surface area (Å²) in [6, 6.07) is 6.49. The third-order valence-corrected chi connectivity index (χ3v) is 3.11. The van der Waals surface area contributed by atoms with Crippen molar-refractivity contribution in [3.05, 3.63) is 34.4 Å². The molecule has 20 heavy (non-hydrogen) atoms. The summed E-state index contributed by atoms with van der Waals surface area (Å²) in [6.07, 6.45) is 2.20. The van der Waals surface area contributed by atoms with Crippen LogP contribution in [0, 0.1) is 16.0 Å². The average molecular weight is 295 g/mol. The molecule has 1 aromatic carbocycles. The molecule has 2 N–H and O–H groups in total. The highest BCUT2D eigenvalue weighted by molar-refractivity contribution is 7.80. The second-order valence-corrected chi connectivity index (χ2v) is 5.68. The minimum Gasteiger partial charge on any atom is -0.360 e. The summed E-state index contributed by atoms with van der Waals surface area (Å²) in [5.74, 6) is 0.676. The van der Waals surface area contributed by atoms with Gasteiger partial charge >= 0.3 is 0 Å². The normalized spacial score (nSPS) is 12.0. The summed E-state index contributed by atoms with van der Waals surface area (Å²) in [7, 11) is 0. The maximum Gasteiger partial charge on any atom is 0.269 e. The summed E-state index contributed by atoms with van der Waals surface area (Å²) < 4.78 is 0. The van der Waals surface area contributed by atoms with Gasteiger partial charge in [0, 0.05) is 23.9 Å². The van der Waals surface area contributed by atoms with E-state index in [9.17, 15) is 10.1 Å². The number of rotatable bonds is 6. The molecule has 0 fully saturated rings. The number of nitro benzene ring substituents is 1. The fraction of sp³-hybridized carbons (Fsp3) is 0.500. The van der Waals surface area contributed by atoms with Crippen molar-refractivity contribution >= 4 is 28.7 Å². The number of nitro groups is 1. The Kier molecular flexibility index (Phi) is 6.38. The lowest BCUT2D eigenvalue weighted by molar-refractivity contribution is -0.384. The first-order valence-electron chi connectivity index (χ1n) is 6.70. The van der Waals surface area contributed by atoms with Gasteiger partial charge in [-0.05, 0) is 50.0 Å². The van der Waals surface area contributed by atoms with Crippen LogP contribution < -0.4 is 10.6 Å². The van der Waals surface area contributed by atoms with Crippen LogP contribution in [0.3, 0.4) is 0 Å². The van der Waals surface area contributed by atoms with E-state index in [-0.39, 0.29) is 5.69 Å². The van der Waals surface area contributed by atoms with E-state index in [4.69, 9.17) is 12.2 Å². The van der Waals surface area contributed by atoms with E-state index in [0.29, 0.717) is 17.1 Å². The fourth-order valence-corrected chi connectivity index (χ4v) is 2.03. The van der Waals surface area contributed by atoms with Gasteiger partial charge in [0.1, 0.15) is 0 Å². The van der Waals surface area contributed by atoms with Gasteiger partial charge in [0.25, 0.3) is 5.69 Å². The zero-order valence-corrected chi connectivity index (χ0v) is 12.9. The van der Waals surface area contributed by atoms with Gasteiger partial charge in [-0.2, -0.15) is 0 Å². The van der Waals surface area contributed by atoms with Crippen LogP contribution in [0.15, 0.2) is 24.3 Å². The number of anilines is 1. The van der Waals surface area contributed by atoms with Crippen molar-refractivity contribution in [2.24, 2.45) is 5.92 Å². The Morgan fingerprint density at radius 3 is 2.35 bits per heavy atom. The molecule has 0 bridgehead atoms. The lowest BCUT2D eigenvalue weighted by Crippen LogP contribution is -2.36. The van der Waals surface area contributed by atoms with Crippen molar-refractivity contribution in [1.82, 2.24) is 5.32 Å². The van der Waals surface area contributed by atoms with Crippen molar-refractivity contribution in [2.75, 3.05) is 5.32 Å². The Hall–Kier alpha value is -1.69. The molecule has 0 saturated carbocycles. The number of hydrogen-bond donors (Lipinski definition) is 2. The second-order valence-electron chi connectivity index (χ2n) is 5.27. The maximum absolute atomic E-state index is 10.6. The first kappa shape index (κ1) is 16.4. The van der Waals surface area contributed by atoms with E-state index in [1.54, 1.807) is 12.1 Å². The highest BCUT2D eigenvalue weighted by Gasteiger charge is 2.07. The molecule has 6 heteroatoms. The van der Waals surface area contributed by atoms with E-state index in [1.807, 2.05) is 0 Å². The zero-order valence-electron chi connectivity index (χ0n) is 12.1. The molecule has 0 heterocycles. The standard InChI is InChI=1S/C14H21N3O2S/c1-10(2)4-5-11(3)15-14(20)16-12-6-8-13(9-7-12)17(18)19/h6-11H,4-5H2,1-3H3,(H2,15,16,20).